The lowest BCUT2D eigenvalue weighted by molar-refractivity contribution is 0.584. The fourth-order valence-electron chi connectivity index (χ4n) is 1.63. The van der Waals surface area contributed by atoms with Gasteiger partial charge in [-0.1, -0.05) is 36.4 Å². The molecule has 0 aliphatic heterocycles. The summed E-state index contributed by atoms with van der Waals surface area (Å²) in [5, 5.41) is 5.56. The summed E-state index contributed by atoms with van der Waals surface area (Å²) in [6, 6.07) is 13.5. The Balaban J connectivity index is 2.42. The second kappa shape index (κ2) is 5.05. The van der Waals surface area contributed by atoms with Crippen LogP contribution in [0.2, 0.25) is 0 Å². The van der Waals surface area contributed by atoms with Gasteiger partial charge >= 0.3 is 0 Å². The SMILES string of the molecule is C=CCNP(=O)(Cl)c1ccc2ccccc2c1. The van der Waals surface area contributed by atoms with E-state index in [2.05, 4.69) is 11.7 Å². The summed E-state index contributed by atoms with van der Waals surface area (Å²) in [5.74, 6) is 0. The molecule has 0 bridgehead atoms. The average Bonchev–Trinajstić information content (AvgIpc) is 2.36. The first kappa shape index (κ1) is 12.4. The molecule has 1 unspecified atom stereocenters. The minimum Gasteiger partial charge on any atom is -0.284 e. The van der Waals surface area contributed by atoms with E-state index in [9.17, 15) is 4.57 Å². The van der Waals surface area contributed by atoms with Gasteiger partial charge in [0.15, 0.2) is 0 Å². The van der Waals surface area contributed by atoms with E-state index >= 15 is 0 Å². The van der Waals surface area contributed by atoms with Crippen LogP contribution in [0, 0.1) is 0 Å². The summed E-state index contributed by atoms with van der Waals surface area (Å²) >= 11 is 6.04. The molecule has 4 heteroatoms. The summed E-state index contributed by atoms with van der Waals surface area (Å²) in [4.78, 5) is 0. The number of benzene rings is 2. The van der Waals surface area contributed by atoms with Gasteiger partial charge in [-0.15, -0.1) is 6.58 Å². The summed E-state index contributed by atoms with van der Waals surface area (Å²) in [6.45, 7) is 0.975. The Bertz CT molecular complexity index is 597. The zero-order valence-electron chi connectivity index (χ0n) is 9.27. The number of halogens is 1. The molecule has 0 heterocycles. The first-order valence-electron chi connectivity index (χ1n) is 5.28. The molecule has 2 rings (SSSR count). The molecule has 2 aromatic rings. The average molecular weight is 266 g/mol. The lowest BCUT2D eigenvalue weighted by Crippen LogP contribution is -2.15. The summed E-state index contributed by atoms with van der Waals surface area (Å²) in [6.07, 6.45) is 1.63. The number of hydrogen-bond acceptors (Lipinski definition) is 1. The fraction of sp³-hybridized carbons (Fsp3) is 0.0769. The van der Waals surface area contributed by atoms with E-state index in [0.29, 0.717) is 11.8 Å². The summed E-state index contributed by atoms with van der Waals surface area (Å²) < 4.78 is 12.2. The van der Waals surface area contributed by atoms with Crippen LogP contribution in [0.1, 0.15) is 0 Å². The number of fused-ring (bicyclic) bond motifs is 1. The molecule has 0 spiro atoms. The van der Waals surface area contributed by atoms with Gasteiger partial charge in [0, 0.05) is 11.8 Å². The van der Waals surface area contributed by atoms with Crippen molar-refractivity contribution in [1.29, 1.82) is 0 Å². The first-order valence-corrected chi connectivity index (χ1v) is 7.90. The van der Waals surface area contributed by atoms with Gasteiger partial charge in [-0.05, 0) is 34.1 Å². The maximum atomic E-state index is 12.2. The van der Waals surface area contributed by atoms with Gasteiger partial charge in [0.2, 0.25) is 0 Å². The van der Waals surface area contributed by atoms with Crippen molar-refractivity contribution < 1.29 is 4.57 Å². The molecule has 0 radical (unpaired) electrons. The standard InChI is InChI=1S/C13H13ClNOP/c1-2-9-15-17(14,16)13-8-7-11-5-3-4-6-12(11)10-13/h2-8,10H,1,9H2,(H,15,16). The smallest absolute Gasteiger partial charge is 0.261 e. The molecule has 0 saturated heterocycles. The molecule has 0 amide bonds. The van der Waals surface area contributed by atoms with Crippen LogP contribution < -0.4 is 10.4 Å². The van der Waals surface area contributed by atoms with Crippen molar-refractivity contribution in [2.45, 2.75) is 0 Å². The van der Waals surface area contributed by atoms with Gasteiger partial charge in [-0.25, -0.2) is 5.09 Å². The predicted octanol–water partition coefficient (Wildman–Crippen LogP) is 3.67. The summed E-state index contributed by atoms with van der Waals surface area (Å²) in [5.41, 5.74) is 0. The van der Waals surface area contributed by atoms with E-state index in [1.807, 2.05) is 36.4 Å². The maximum absolute atomic E-state index is 12.2. The maximum Gasteiger partial charge on any atom is 0.261 e. The molecule has 0 aliphatic rings. The highest BCUT2D eigenvalue weighted by atomic mass is 35.7. The van der Waals surface area contributed by atoms with Crippen molar-refractivity contribution in [2.24, 2.45) is 0 Å². The lowest BCUT2D eigenvalue weighted by atomic mass is 10.1. The first-order chi connectivity index (χ1) is 8.13. The topological polar surface area (TPSA) is 29.1 Å². The highest BCUT2D eigenvalue weighted by Gasteiger charge is 2.19. The molecule has 88 valence electrons. The van der Waals surface area contributed by atoms with E-state index in [4.69, 9.17) is 11.2 Å². The highest BCUT2D eigenvalue weighted by Crippen LogP contribution is 2.45. The zero-order valence-corrected chi connectivity index (χ0v) is 10.9. The van der Waals surface area contributed by atoms with E-state index < -0.39 is 6.65 Å². The van der Waals surface area contributed by atoms with Gasteiger partial charge in [-0.3, -0.25) is 4.57 Å². The van der Waals surface area contributed by atoms with E-state index in [1.165, 1.54) is 0 Å². The van der Waals surface area contributed by atoms with Crippen LogP contribution in [0.25, 0.3) is 10.8 Å². The minimum atomic E-state index is -3.01. The van der Waals surface area contributed by atoms with Gasteiger partial charge in [-0.2, -0.15) is 0 Å². The predicted molar refractivity (Wildman–Crippen MR) is 75.2 cm³/mol. The molecule has 1 atom stereocenters. The molecule has 17 heavy (non-hydrogen) atoms. The fourth-order valence-corrected chi connectivity index (χ4v) is 3.27. The van der Waals surface area contributed by atoms with Crippen LogP contribution in [0.4, 0.5) is 0 Å². The summed E-state index contributed by atoms with van der Waals surface area (Å²) in [7, 11) is 0. The number of hydrogen-bond donors (Lipinski definition) is 1. The molecule has 2 aromatic carbocycles. The Hall–Kier alpha value is -1.08. The minimum absolute atomic E-state index is 0.424. The van der Waals surface area contributed by atoms with E-state index in [0.717, 1.165) is 10.8 Å². The molecule has 0 saturated carbocycles. The number of nitrogens with one attached hydrogen (secondary N) is 1. The van der Waals surface area contributed by atoms with Crippen LogP contribution in [0.15, 0.2) is 55.1 Å². The Kier molecular flexibility index (Phi) is 3.68. The molecule has 1 N–H and O–H groups in total. The third-order valence-electron chi connectivity index (χ3n) is 2.50. The molecule has 2 nitrogen and oxygen atoms in total. The Morgan fingerprint density at radius 2 is 1.94 bits per heavy atom. The van der Waals surface area contributed by atoms with Crippen molar-refractivity contribution >= 4 is 34.0 Å². The second-order valence-electron chi connectivity index (χ2n) is 3.71. The van der Waals surface area contributed by atoms with E-state index in [-0.39, 0.29) is 0 Å². The molecule has 0 aliphatic carbocycles. The molecule has 0 fully saturated rings. The number of rotatable bonds is 4. The Labute approximate surface area is 106 Å². The van der Waals surface area contributed by atoms with Crippen LogP contribution in [-0.2, 0) is 4.57 Å². The second-order valence-corrected chi connectivity index (χ2v) is 7.04. The van der Waals surface area contributed by atoms with Crippen LogP contribution in [0.5, 0.6) is 0 Å². The van der Waals surface area contributed by atoms with Crippen molar-refractivity contribution in [2.75, 3.05) is 6.54 Å². The van der Waals surface area contributed by atoms with E-state index in [1.54, 1.807) is 12.1 Å². The largest absolute Gasteiger partial charge is 0.284 e. The highest BCUT2D eigenvalue weighted by molar-refractivity contribution is 7.93. The van der Waals surface area contributed by atoms with Crippen molar-refractivity contribution in [3.05, 3.63) is 55.1 Å². The van der Waals surface area contributed by atoms with Gasteiger partial charge in [0.05, 0.1) is 0 Å². The van der Waals surface area contributed by atoms with Crippen molar-refractivity contribution in [3.63, 3.8) is 0 Å². The molecular formula is C13H13ClNOP. The Morgan fingerprint density at radius 3 is 2.65 bits per heavy atom. The zero-order chi connectivity index (χ0) is 12.3. The van der Waals surface area contributed by atoms with Crippen molar-refractivity contribution in [3.8, 4) is 0 Å². The third-order valence-corrected chi connectivity index (χ3v) is 4.98. The van der Waals surface area contributed by atoms with Crippen molar-refractivity contribution in [1.82, 2.24) is 5.09 Å². The Morgan fingerprint density at radius 1 is 1.24 bits per heavy atom. The quantitative estimate of drug-likeness (QED) is 0.675. The molecule has 0 aromatic heterocycles. The third kappa shape index (κ3) is 2.78. The van der Waals surface area contributed by atoms with Crippen LogP contribution in [-0.4, -0.2) is 6.54 Å². The van der Waals surface area contributed by atoms with Gasteiger partial charge < -0.3 is 0 Å². The van der Waals surface area contributed by atoms with Crippen LogP contribution in [0.3, 0.4) is 0 Å². The van der Waals surface area contributed by atoms with Crippen LogP contribution >= 0.6 is 17.9 Å². The normalized spacial score (nSPS) is 14.4. The van der Waals surface area contributed by atoms with Gasteiger partial charge in [0.1, 0.15) is 0 Å². The monoisotopic (exact) mass is 265 g/mol. The molecular weight excluding hydrogens is 253 g/mol. The lowest BCUT2D eigenvalue weighted by Gasteiger charge is -2.12. The van der Waals surface area contributed by atoms with Gasteiger partial charge in [0.25, 0.3) is 6.65 Å².